The van der Waals surface area contributed by atoms with Gasteiger partial charge in [-0.15, -0.1) is 0 Å². The van der Waals surface area contributed by atoms with Crippen LogP contribution in [0.15, 0.2) is 72.8 Å². The molecule has 0 aliphatic heterocycles. The van der Waals surface area contributed by atoms with Crippen LogP contribution in [0.5, 0.6) is 5.75 Å². The number of hydrogen-bond acceptors (Lipinski definition) is 3. The van der Waals surface area contributed by atoms with Crippen molar-refractivity contribution < 1.29 is 9.53 Å². The molecule has 0 saturated carbocycles. The number of aromatic nitrogens is 2. The van der Waals surface area contributed by atoms with Crippen LogP contribution < -0.4 is 10.1 Å². The second-order valence-corrected chi connectivity index (χ2v) is 8.62. The van der Waals surface area contributed by atoms with Gasteiger partial charge in [-0.1, -0.05) is 48.5 Å². The number of para-hydroxylation sites is 2. The fourth-order valence-corrected chi connectivity index (χ4v) is 4.49. The third-order valence-electron chi connectivity index (χ3n) is 6.31. The van der Waals surface area contributed by atoms with Crippen molar-refractivity contribution in [2.45, 2.75) is 26.7 Å². The van der Waals surface area contributed by atoms with Crippen LogP contribution in [0.25, 0.3) is 21.8 Å². The van der Waals surface area contributed by atoms with Gasteiger partial charge in [0, 0.05) is 22.0 Å². The molecule has 0 radical (unpaired) electrons. The molecule has 0 spiro atoms. The predicted octanol–water partition coefficient (Wildman–Crippen LogP) is 6.38. The summed E-state index contributed by atoms with van der Waals surface area (Å²) in [6, 6.07) is 24.1. The number of benzene rings is 3. The molecular formula is C29H27N3O2. The van der Waals surface area contributed by atoms with E-state index in [4.69, 9.17) is 9.72 Å². The van der Waals surface area contributed by atoms with Crippen molar-refractivity contribution in [2.24, 2.45) is 0 Å². The highest BCUT2D eigenvalue weighted by atomic mass is 16.5. The highest BCUT2D eigenvalue weighted by Gasteiger charge is 2.17. The van der Waals surface area contributed by atoms with Crippen LogP contribution in [0.1, 0.15) is 32.9 Å². The molecule has 34 heavy (non-hydrogen) atoms. The Morgan fingerprint density at radius 1 is 0.912 bits per heavy atom. The highest BCUT2D eigenvalue weighted by molar-refractivity contribution is 6.12. The van der Waals surface area contributed by atoms with E-state index < -0.39 is 0 Å². The minimum Gasteiger partial charge on any atom is -0.497 e. The monoisotopic (exact) mass is 449 g/mol. The number of pyridine rings is 1. The maximum Gasteiger partial charge on any atom is 0.274 e. The first-order chi connectivity index (χ1) is 16.5. The molecule has 170 valence electrons. The number of nitrogens with one attached hydrogen (secondary N) is 2. The summed E-state index contributed by atoms with van der Waals surface area (Å²) in [6.45, 7) is 4.00. The highest BCUT2D eigenvalue weighted by Crippen LogP contribution is 2.29. The molecule has 5 heteroatoms. The molecule has 0 fully saturated rings. The number of nitrogens with zero attached hydrogens (tertiary/aromatic N) is 1. The van der Waals surface area contributed by atoms with Crippen LogP contribution >= 0.6 is 0 Å². The Labute approximate surface area is 198 Å². The molecule has 2 N–H and O–H groups in total. The zero-order chi connectivity index (χ0) is 23.7. The smallest absolute Gasteiger partial charge is 0.274 e. The maximum atomic E-state index is 13.3. The Bertz CT molecular complexity index is 1500. The van der Waals surface area contributed by atoms with Gasteiger partial charge in [-0.3, -0.25) is 4.79 Å². The first-order valence-electron chi connectivity index (χ1n) is 11.4. The van der Waals surface area contributed by atoms with Gasteiger partial charge in [0.2, 0.25) is 0 Å². The lowest BCUT2D eigenvalue weighted by atomic mass is 10.0. The van der Waals surface area contributed by atoms with Gasteiger partial charge in [0.1, 0.15) is 11.4 Å². The molecule has 1 amide bonds. The van der Waals surface area contributed by atoms with Crippen LogP contribution in [0.2, 0.25) is 0 Å². The van der Waals surface area contributed by atoms with Crippen LogP contribution in [0, 0.1) is 13.8 Å². The van der Waals surface area contributed by atoms with Crippen molar-refractivity contribution >= 4 is 33.4 Å². The number of carbonyl (C=O) groups is 1. The van der Waals surface area contributed by atoms with E-state index in [1.54, 1.807) is 7.11 Å². The SMILES string of the molecule is COc1cccc(CCc2nc(C(=O)Nc3c(C)cccc3C)cc3c2[nH]c2ccccc23)c1. The summed E-state index contributed by atoms with van der Waals surface area (Å²) in [4.78, 5) is 21.7. The van der Waals surface area contributed by atoms with Crippen LogP contribution in [0.3, 0.4) is 0 Å². The van der Waals surface area contributed by atoms with Crippen molar-refractivity contribution in [3.05, 3.63) is 101 Å². The fourth-order valence-electron chi connectivity index (χ4n) is 4.49. The third kappa shape index (κ3) is 4.13. The molecule has 3 aromatic carbocycles. The minimum atomic E-state index is -0.202. The zero-order valence-corrected chi connectivity index (χ0v) is 19.6. The lowest BCUT2D eigenvalue weighted by molar-refractivity contribution is 0.102. The van der Waals surface area contributed by atoms with E-state index in [2.05, 4.69) is 28.5 Å². The Morgan fingerprint density at radius 3 is 2.47 bits per heavy atom. The number of hydrogen-bond donors (Lipinski definition) is 2. The average molecular weight is 450 g/mol. The number of anilines is 1. The Hall–Kier alpha value is -4.12. The number of rotatable bonds is 6. The average Bonchev–Trinajstić information content (AvgIpc) is 3.23. The lowest BCUT2D eigenvalue weighted by Crippen LogP contribution is -2.16. The largest absolute Gasteiger partial charge is 0.497 e. The number of aryl methyl sites for hydroxylation is 4. The quantitative estimate of drug-likeness (QED) is 0.316. The first kappa shape index (κ1) is 21.7. The van der Waals surface area contributed by atoms with Crippen molar-refractivity contribution in [2.75, 3.05) is 12.4 Å². The van der Waals surface area contributed by atoms with Crippen LogP contribution in [0.4, 0.5) is 5.69 Å². The summed E-state index contributed by atoms with van der Waals surface area (Å²) in [7, 11) is 1.67. The van der Waals surface area contributed by atoms with Crippen molar-refractivity contribution in [1.29, 1.82) is 0 Å². The summed E-state index contributed by atoms with van der Waals surface area (Å²) in [5.74, 6) is 0.634. The maximum absolute atomic E-state index is 13.3. The second kappa shape index (κ2) is 9.02. The van der Waals surface area contributed by atoms with Gasteiger partial charge in [-0.2, -0.15) is 0 Å². The van der Waals surface area contributed by atoms with Gasteiger partial charge in [0.15, 0.2) is 0 Å². The molecule has 0 bridgehead atoms. The van der Waals surface area contributed by atoms with Crippen LogP contribution in [-0.4, -0.2) is 23.0 Å². The van der Waals surface area contributed by atoms with Gasteiger partial charge in [0.25, 0.3) is 5.91 Å². The molecule has 2 aromatic heterocycles. The molecule has 0 atom stereocenters. The summed E-state index contributed by atoms with van der Waals surface area (Å²) >= 11 is 0. The summed E-state index contributed by atoms with van der Waals surface area (Å²) in [5.41, 5.74) is 7.37. The van der Waals surface area contributed by atoms with Gasteiger partial charge in [-0.25, -0.2) is 4.98 Å². The van der Waals surface area contributed by atoms with E-state index >= 15 is 0 Å². The predicted molar refractivity (Wildman–Crippen MR) is 138 cm³/mol. The van der Waals surface area contributed by atoms with Crippen molar-refractivity contribution in [1.82, 2.24) is 9.97 Å². The second-order valence-electron chi connectivity index (χ2n) is 8.62. The zero-order valence-electron chi connectivity index (χ0n) is 19.6. The number of H-pyrrole nitrogens is 1. The van der Waals surface area contributed by atoms with Gasteiger partial charge in [-0.05, 0) is 67.6 Å². The molecule has 5 aromatic rings. The topological polar surface area (TPSA) is 67.0 Å². The summed E-state index contributed by atoms with van der Waals surface area (Å²) < 4.78 is 5.37. The van der Waals surface area contributed by atoms with E-state index in [0.717, 1.165) is 62.0 Å². The minimum absolute atomic E-state index is 0.202. The third-order valence-corrected chi connectivity index (χ3v) is 6.31. The van der Waals surface area contributed by atoms with Crippen molar-refractivity contribution in [3.63, 3.8) is 0 Å². The number of ether oxygens (including phenoxy) is 1. The first-order valence-corrected chi connectivity index (χ1v) is 11.4. The lowest BCUT2D eigenvalue weighted by Gasteiger charge is -2.12. The van der Waals surface area contributed by atoms with Crippen molar-refractivity contribution in [3.8, 4) is 5.75 Å². The normalized spacial score (nSPS) is 11.1. The van der Waals surface area contributed by atoms with E-state index in [1.165, 1.54) is 0 Å². The standard InChI is InChI=1S/C29H27N3O2/c1-18-8-6-9-19(2)27(18)32-29(33)26-17-23-22-12-4-5-13-24(22)31-28(23)25(30-26)15-14-20-10-7-11-21(16-20)34-3/h4-13,16-17,31H,14-15H2,1-3H3,(H,32,33). The van der Waals surface area contributed by atoms with E-state index in [1.807, 2.05) is 68.4 Å². The Kier molecular flexibility index (Phi) is 5.76. The Balaban J connectivity index is 1.55. The number of amides is 1. The molecule has 0 aliphatic carbocycles. The fraction of sp³-hybridized carbons (Fsp3) is 0.172. The molecule has 5 rings (SSSR count). The summed E-state index contributed by atoms with van der Waals surface area (Å²) in [5, 5.41) is 5.19. The van der Waals surface area contributed by atoms with Gasteiger partial charge < -0.3 is 15.0 Å². The molecule has 0 aliphatic rings. The molecule has 0 unspecified atom stereocenters. The van der Waals surface area contributed by atoms with Crippen LogP contribution in [-0.2, 0) is 12.8 Å². The van der Waals surface area contributed by atoms with Gasteiger partial charge >= 0.3 is 0 Å². The molecule has 5 nitrogen and oxygen atoms in total. The molecule has 2 heterocycles. The number of carbonyl (C=O) groups excluding carboxylic acids is 1. The molecule has 0 saturated heterocycles. The van der Waals surface area contributed by atoms with E-state index in [-0.39, 0.29) is 5.91 Å². The molecular weight excluding hydrogens is 422 g/mol. The van der Waals surface area contributed by atoms with E-state index in [0.29, 0.717) is 12.1 Å². The Morgan fingerprint density at radius 2 is 1.68 bits per heavy atom. The number of fused-ring (bicyclic) bond motifs is 3. The van der Waals surface area contributed by atoms with Gasteiger partial charge in [0.05, 0.1) is 18.3 Å². The number of aromatic amines is 1. The number of methoxy groups -OCH3 is 1. The van der Waals surface area contributed by atoms with E-state index in [9.17, 15) is 4.79 Å². The summed E-state index contributed by atoms with van der Waals surface area (Å²) in [6.07, 6.45) is 1.48.